The molecule has 1 unspecified atom stereocenters. The van der Waals surface area contributed by atoms with Crippen LogP contribution in [0.4, 0.5) is 0 Å². The first-order chi connectivity index (χ1) is 6.74. The van der Waals surface area contributed by atoms with Gasteiger partial charge in [-0.05, 0) is 17.5 Å². The van der Waals surface area contributed by atoms with E-state index in [4.69, 9.17) is 16.3 Å². The van der Waals surface area contributed by atoms with E-state index in [9.17, 15) is 0 Å². The summed E-state index contributed by atoms with van der Waals surface area (Å²) in [6, 6.07) is 7.76. The minimum Gasteiger partial charge on any atom is -0.376 e. The zero-order chi connectivity index (χ0) is 10.4. The number of benzene rings is 1. The van der Waals surface area contributed by atoms with Gasteiger partial charge in [-0.1, -0.05) is 52.7 Å². The number of hydrogen-bond donors (Lipinski definition) is 0. The summed E-state index contributed by atoms with van der Waals surface area (Å²) in [5.74, 6) is 0.539. The van der Waals surface area contributed by atoms with Gasteiger partial charge in [0.1, 0.15) is 0 Å². The fourth-order valence-electron chi connectivity index (χ4n) is 1.03. The van der Waals surface area contributed by atoms with Crippen molar-refractivity contribution in [3.05, 3.63) is 34.9 Å². The van der Waals surface area contributed by atoms with Gasteiger partial charge in [-0.25, -0.2) is 0 Å². The normalized spacial score (nSPS) is 12.8. The summed E-state index contributed by atoms with van der Waals surface area (Å²) in [4.78, 5) is 0. The monoisotopic (exact) mass is 276 g/mol. The Morgan fingerprint density at radius 1 is 1.43 bits per heavy atom. The SMILES string of the molecule is CC(CBr)COCc1ccccc1Cl. The second kappa shape index (κ2) is 6.44. The highest BCUT2D eigenvalue weighted by Crippen LogP contribution is 2.16. The second-order valence-corrected chi connectivity index (χ2v) is 4.42. The molecule has 0 aliphatic heterocycles. The molecule has 1 aromatic rings. The highest BCUT2D eigenvalue weighted by Gasteiger charge is 2.02. The average molecular weight is 278 g/mol. The third-order valence-electron chi connectivity index (χ3n) is 1.88. The van der Waals surface area contributed by atoms with Crippen LogP contribution < -0.4 is 0 Å². The Hall–Kier alpha value is -0.0500. The molecular weight excluding hydrogens is 263 g/mol. The predicted octanol–water partition coefficient (Wildman–Crippen LogP) is 3.89. The second-order valence-electron chi connectivity index (χ2n) is 3.37. The van der Waals surface area contributed by atoms with Gasteiger partial charge in [-0.15, -0.1) is 0 Å². The number of alkyl halides is 1. The molecule has 1 nitrogen and oxygen atoms in total. The lowest BCUT2D eigenvalue weighted by Crippen LogP contribution is -2.06. The van der Waals surface area contributed by atoms with Crippen molar-refractivity contribution in [2.75, 3.05) is 11.9 Å². The molecule has 78 valence electrons. The van der Waals surface area contributed by atoms with Crippen molar-refractivity contribution < 1.29 is 4.74 Å². The lowest BCUT2D eigenvalue weighted by atomic mass is 10.2. The summed E-state index contributed by atoms with van der Waals surface area (Å²) in [5, 5.41) is 1.74. The van der Waals surface area contributed by atoms with Gasteiger partial charge in [0, 0.05) is 10.4 Å². The van der Waals surface area contributed by atoms with Gasteiger partial charge in [0.15, 0.2) is 0 Å². The zero-order valence-corrected chi connectivity index (χ0v) is 10.5. The zero-order valence-electron chi connectivity index (χ0n) is 8.17. The molecule has 0 radical (unpaired) electrons. The van der Waals surface area contributed by atoms with Crippen LogP contribution in [-0.4, -0.2) is 11.9 Å². The van der Waals surface area contributed by atoms with Gasteiger partial charge in [0.25, 0.3) is 0 Å². The maximum Gasteiger partial charge on any atom is 0.0731 e. The van der Waals surface area contributed by atoms with Crippen molar-refractivity contribution in [3.63, 3.8) is 0 Å². The molecule has 0 aliphatic carbocycles. The summed E-state index contributed by atoms with van der Waals surface area (Å²) < 4.78 is 5.54. The van der Waals surface area contributed by atoms with E-state index in [0.29, 0.717) is 12.5 Å². The van der Waals surface area contributed by atoms with Crippen molar-refractivity contribution in [1.82, 2.24) is 0 Å². The molecule has 1 aromatic carbocycles. The number of halogens is 2. The van der Waals surface area contributed by atoms with Crippen LogP contribution >= 0.6 is 27.5 Å². The molecule has 0 saturated carbocycles. The van der Waals surface area contributed by atoms with E-state index in [2.05, 4.69) is 22.9 Å². The first kappa shape index (κ1) is 12.0. The summed E-state index contributed by atoms with van der Waals surface area (Å²) in [6.07, 6.45) is 0. The fourth-order valence-corrected chi connectivity index (χ4v) is 1.41. The van der Waals surface area contributed by atoms with E-state index in [-0.39, 0.29) is 0 Å². The van der Waals surface area contributed by atoms with Gasteiger partial charge in [-0.2, -0.15) is 0 Å². The van der Waals surface area contributed by atoms with Crippen molar-refractivity contribution >= 4 is 27.5 Å². The van der Waals surface area contributed by atoms with Crippen molar-refractivity contribution in [2.45, 2.75) is 13.5 Å². The molecule has 0 N–H and O–H groups in total. The highest BCUT2D eigenvalue weighted by molar-refractivity contribution is 9.09. The molecule has 0 saturated heterocycles. The Morgan fingerprint density at radius 3 is 2.79 bits per heavy atom. The van der Waals surface area contributed by atoms with Crippen LogP contribution in [0.5, 0.6) is 0 Å². The highest BCUT2D eigenvalue weighted by atomic mass is 79.9. The first-order valence-corrected chi connectivity index (χ1v) is 6.11. The molecule has 0 spiro atoms. The van der Waals surface area contributed by atoms with Gasteiger partial charge >= 0.3 is 0 Å². The summed E-state index contributed by atoms with van der Waals surface area (Å²) >= 11 is 9.39. The summed E-state index contributed by atoms with van der Waals surface area (Å²) in [5.41, 5.74) is 1.05. The third kappa shape index (κ3) is 3.99. The Bertz CT molecular complexity index is 278. The third-order valence-corrected chi connectivity index (χ3v) is 3.36. The summed E-state index contributed by atoms with van der Waals surface area (Å²) in [6.45, 7) is 3.49. The van der Waals surface area contributed by atoms with Crippen molar-refractivity contribution in [2.24, 2.45) is 5.92 Å². The van der Waals surface area contributed by atoms with Gasteiger partial charge in [-0.3, -0.25) is 0 Å². The fraction of sp³-hybridized carbons (Fsp3) is 0.455. The molecule has 3 heteroatoms. The van der Waals surface area contributed by atoms with E-state index >= 15 is 0 Å². The van der Waals surface area contributed by atoms with E-state index in [1.54, 1.807) is 0 Å². The topological polar surface area (TPSA) is 9.23 Å². The molecule has 0 amide bonds. The van der Waals surface area contributed by atoms with Gasteiger partial charge in [0.2, 0.25) is 0 Å². The first-order valence-electron chi connectivity index (χ1n) is 4.61. The van der Waals surface area contributed by atoms with E-state index in [1.165, 1.54) is 0 Å². The largest absolute Gasteiger partial charge is 0.376 e. The molecule has 0 aliphatic rings. The van der Waals surface area contributed by atoms with Crippen molar-refractivity contribution in [3.8, 4) is 0 Å². The van der Waals surface area contributed by atoms with Crippen molar-refractivity contribution in [1.29, 1.82) is 0 Å². The smallest absolute Gasteiger partial charge is 0.0731 e. The van der Waals surface area contributed by atoms with Gasteiger partial charge < -0.3 is 4.74 Å². The molecule has 0 aromatic heterocycles. The maximum absolute atomic E-state index is 5.98. The van der Waals surface area contributed by atoms with Crippen LogP contribution in [0.3, 0.4) is 0 Å². The predicted molar refractivity (Wildman–Crippen MR) is 64.1 cm³/mol. The number of hydrogen-bond acceptors (Lipinski definition) is 1. The quantitative estimate of drug-likeness (QED) is 0.742. The molecule has 0 bridgehead atoms. The molecule has 14 heavy (non-hydrogen) atoms. The maximum atomic E-state index is 5.98. The van der Waals surface area contributed by atoms with E-state index in [0.717, 1.165) is 22.5 Å². The standard InChI is InChI=1S/C11H14BrClO/c1-9(6-12)7-14-8-10-4-2-3-5-11(10)13/h2-5,9H,6-8H2,1H3. The Balaban J connectivity index is 2.35. The Morgan fingerprint density at radius 2 is 2.14 bits per heavy atom. The Labute approximate surface area is 98.5 Å². The lowest BCUT2D eigenvalue weighted by molar-refractivity contribution is 0.0986. The van der Waals surface area contributed by atoms with Crippen LogP contribution in [0, 0.1) is 5.92 Å². The van der Waals surface area contributed by atoms with E-state index < -0.39 is 0 Å². The minimum absolute atomic E-state index is 0.539. The van der Waals surface area contributed by atoms with Crippen LogP contribution in [0.25, 0.3) is 0 Å². The van der Waals surface area contributed by atoms with Crippen LogP contribution in [0.2, 0.25) is 5.02 Å². The number of rotatable bonds is 5. The average Bonchev–Trinajstić information content (AvgIpc) is 2.20. The van der Waals surface area contributed by atoms with Crippen LogP contribution in [0.1, 0.15) is 12.5 Å². The van der Waals surface area contributed by atoms with Crippen LogP contribution in [0.15, 0.2) is 24.3 Å². The van der Waals surface area contributed by atoms with Crippen LogP contribution in [-0.2, 0) is 11.3 Å². The summed E-state index contributed by atoms with van der Waals surface area (Å²) in [7, 11) is 0. The molecular formula is C11H14BrClO. The lowest BCUT2D eigenvalue weighted by Gasteiger charge is -2.09. The minimum atomic E-state index is 0.539. The Kier molecular flexibility index (Phi) is 5.53. The van der Waals surface area contributed by atoms with Gasteiger partial charge in [0.05, 0.1) is 13.2 Å². The molecule has 1 rings (SSSR count). The van der Waals surface area contributed by atoms with E-state index in [1.807, 2.05) is 24.3 Å². The molecule has 0 heterocycles. The number of ether oxygens (including phenoxy) is 1. The molecule has 0 fully saturated rings. The molecule has 1 atom stereocenters.